The zero-order chi connectivity index (χ0) is 10.7. The molecule has 2 atom stereocenters. The molecule has 2 rings (SSSR count). The Bertz CT molecular complexity index is 337. The Morgan fingerprint density at radius 1 is 1.60 bits per heavy atom. The van der Waals surface area contributed by atoms with E-state index in [1.807, 2.05) is 18.2 Å². The minimum atomic E-state index is -0.0546. The number of esters is 1. The van der Waals surface area contributed by atoms with E-state index in [1.54, 1.807) is 6.20 Å². The number of rotatable bonds is 4. The highest BCUT2D eigenvalue weighted by Crippen LogP contribution is 2.42. The predicted molar refractivity (Wildman–Crippen MR) is 56.2 cm³/mol. The van der Waals surface area contributed by atoms with Crippen LogP contribution in [0.5, 0.6) is 0 Å². The maximum absolute atomic E-state index is 11.2. The number of ether oxygens (including phenoxy) is 1. The molecule has 0 radical (unpaired) electrons. The monoisotopic (exact) mass is 205 g/mol. The molecular weight excluding hydrogens is 190 g/mol. The van der Waals surface area contributed by atoms with Crippen LogP contribution < -0.4 is 0 Å². The van der Waals surface area contributed by atoms with Crippen molar-refractivity contribution in [1.29, 1.82) is 0 Å². The van der Waals surface area contributed by atoms with Gasteiger partial charge in [0.25, 0.3) is 0 Å². The molecule has 1 fully saturated rings. The number of nitrogens with zero attached hydrogens (tertiary/aromatic N) is 1. The normalized spacial score (nSPS) is 23.5. The molecule has 0 bridgehead atoms. The Morgan fingerprint density at radius 2 is 2.47 bits per heavy atom. The smallest absolute Gasteiger partial charge is 0.308 e. The molecular formula is C12H15NO2. The van der Waals surface area contributed by atoms with Gasteiger partial charge in [0.2, 0.25) is 0 Å². The number of carbonyl (C=O) groups excluding carboxylic acids is 1. The van der Waals surface area contributed by atoms with Gasteiger partial charge in [-0.3, -0.25) is 9.78 Å². The van der Waals surface area contributed by atoms with E-state index < -0.39 is 0 Å². The summed E-state index contributed by atoms with van der Waals surface area (Å²) < 4.78 is 4.70. The molecule has 0 aliphatic heterocycles. The molecule has 1 saturated carbocycles. The fraction of sp³-hybridized carbons (Fsp3) is 0.500. The first-order valence-corrected chi connectivity index (χ1v) is 5.29. The lowest BCUT2D eigenvalue weighted by molar-refractivity contribution is -0.142. The van der Waals surface area contributed by atoms with E-state index in [2.05, 4.69) is 4.98 Å². The average molecular weight is 205 g/mol. The first-order chi connectivity index (χ1) is 7.31. The van der Waals surface area contributed by atoms with Crippen LogP contribution in [-0.4, -0.2) is 18.1 Å². The largest absolute Gasteiger partial charge is 0.469 e. The van der Waals surface area contributed by atoms with E-state index in [-0.39, 0.29) is 11.9 Å². The average Bonchev–Trinajstić information content (AvgIpc) is 3.06. The van der Waals surface area contributed by atoms with Crippen molar-refractivity contribution < 1.29 is 9.53 Å². The highest BCUT2D eigenvalue weighted by atomic mass is 16.5. The van der Waals surface area contributed by atoms with Gasteiger partial charge in [-0.25, -0.2) is 0 Å². The molecule has 0 N–H and O–H groups in total. The van der Waals surface area contributed by atoms with Crippen LogP contribution in [0, 0.1) is 11.8 Å². The highest BCUT2D eigenvalue weighted by molar-refractivity contribution is 5.75. The molecule has 80 valence electrons. The van der Waals surface area contributed by atoms with Crippen molar-refractivity contribution in [3.63, 3.8) is 0 Å². The number of hydrogen-bond acceptors (Lipinski definition) is 3. The van der Waals surface area contributed by atoms with Crippen LogP contribution in [0.3, 0.4) is 0 Å². The molecule has 1 heterocycles. The second-order valence-electron chi connectivity index (χ2n) is 3.99. The lowest BCUT2D eigenvalue weighted by atomic mass is 10.1. The van der Waals surface area contributed by atoms with Gasteiger partial charge >= 0.3 is 5.97 Å². The predicted octanol–water partition coefficient (Wildman–Crippen LogP) is 1.82. The maximum Gasteiger partial charge on any atom is 0.308 e. The molecule has 0 aromatic carbocycles. The molecule has 0 spiro atoms. The summed E-state index contributed by atoms with van der Waals surface area (Å²) in [6.45, 7) is 0. The summed E-state index contributed by atoms with van der Waals surface area (Å²) in [7, 11) is 1.45. The summed E-state index contributed by atoms with van der Waals surface area (Å²) in [4.78, 5) is 15.4. The maximum atomic E-state index is 11.2. The van der Waals surface area contributed by atoms with Crippen molar-refractivity contribution >= 4 is 5.97 Å². The van der Waals surface area contributed by atoms with E-state index in [9.17, 15) is 4.79 Å². The van der Waals surface area contributed by atoms with Gasteiger partial charge in [-0.05, 0) is 37.3 Å². The summed E-state index contributed by atoms with van der Waals surface area (Å²) in [6, 6.07) is 5.93. The number of carbonyl (C=O) groups is 1. The van der Waals surface area contributed by atoms with E-state index in [0.717, 1.165) is 25.0 Å². The van der Waals surface area contributed by atoms with E-state index in [1.165, 1.54) is 7.11 Å². The van der Waals surface area contributed by atoms with Gasteiger partial charge < -0.3 is 4.74 Å². The van der Waals surface area contributed by atoms with Crippen LogP contribution in [0.15, 0.2) is 24.4 Å². The van der Waals surface area contributed by atoms with Gasteiger partial charge in [0, 0.05) is 11.9 Å². The summed E-state index contributed by atoms with van der Waals surface area (Å²) in [5, 5.41) is 0. The second kappa shape index (κ2) is 4.43. The topological polar surface area (TPSA) is 39.2 Å². The SMILES string of the molecule is COC(=O)C1CC1CCc1ccccn1. The van der Waals surface area contributed by atoms with Crippen LogP contribution in [0.4, 0.5) is 0 Å². The Kier molecular flexibility index (Phi) is 2.99. The van der Waals surface area contributed by atoms with Gasteiger partial charge in [0.15, 0.2) is 0 Å². The minimum Gasteiger partial charge on any atom is -0.469 e. The molecule has 15 heavy (non-hydrogen) atoms. The van der Waals surface area contributed by atoms with Crippen LogP contribution in [0.25, 0.3) is 0 Å². The number of aryl methyl sites for hydroxylation is 1. The van der Waals surface area contributed by atoms with Crippen molar-refractivity contribution in [2.75, 3.05) is 7.11 Å². The summed E-state index contributed by atoms with van der Waals surface area (Å²) in [6.07, 6.45) is 4.79. The molecule has 2 unspecified atom stereocenters. The van der Waals surface area contributed by atoms with Crippen LogP contribution in [0.1, 0.15) is 18.5 Å². The summed E-state index contributed by atoms with van der Waals surface area (Å²) >= 11 is 0. The van der Waals surface area contributed by atoms with Gasteiger partial charge in [-0.1, -0.05) is 6.07 Å². The van der Waals surface area contributed by atoms with Crippen LogP contribution >= 0.6 is 0 Å². The number of hydrogen-bond donors (Lipinski definition) is 0. The van der Waals surface area contributed by atoms with Crippen LogP contribution in [0.2, 0.25) is 0 Å². The second-order valence-corrected chi connectivity index (χ2v) is 3.99. The Balaban J connectivity index is 1.75. The quantitative estimate of drug-likeness (QED) is 0.704. The van der Waals surface area contributed by atoms with Crippen molar-refractivity contribution in [2.24, 2.45) is 11.8 Å². The molecule has 3 heteroatoms. The number of pyridine rings is 1. The highest BCUT2D eigenvalue weighted by Gasteiger charge is 2.43. The zero-order valence-electron chi connectivity index (χ0n) is 8.85. The molecule has 1 aliphatic carbocycles. The van der Waals surface area contributed by atoms with Crippen molar-refractivity contribution in [3.05, 3.63) is 30.1 Å². The summed E-state index contributed by atoms with van der Waals surface area (Å²) in [5.74, 6) is 0.610. The summed E-state index contributed by atoms with van der Waals surface area (Å²) in [5.41, 5.74) is 1.10. The Hall–Kier alpha value is -1.38. The van der Waals surface area contributed by atoms with E-state index in [0.29, 0.717) is 5.92 Å². The first-order valence-electron chi connectivity index (χ1n) is 5.29. The third kappa shape index (κ3) is 2.55. The van der Waals surface area contributed by atoms with Gasteiger partial charge in [0.05, 0.1) is 13.0 Å². The lowest BCUT2D eigenvalue weighted by Gasteiger charge is -1.99. The Labute approximate surface area is 89.5 Å². The first kappa shape index (κ1) is 10.1. The van der Waals surface area contributed by atoms with E-state index >= 15 is 0 Å². The molecule has 0 saturated heterocycles. The van der Waals surface area contributed by atoms with Gasteiger partial charge in [-0.2, -0.15) is 0 Å². The van der Waals surface area contributed by atoms with Crippen molar-refractivity contribution in [1.82, 2.24) is 4.98 Å². The number of aromatic nitrogens is 1. The van der Waals surface area contributed by atoms with Crippen molar-refractivity contribution in [3.8, 4) is 0 Å². The number of methoxy groups -OCH3 is 1. The molecule has 0 amide bonds. The molecule has 1 aromatic heterocycles. The molecule has 3 nitrogen and oxygen atoms in total. The van der Waals surface area contributed by atoms with E-state index in [4.69, 9.17) is 4.74 Å². The molecule has 1 aliphatic rings. The zero-order valence-corrected chi connectivity index (χ0v) is 8.85. The third-order valence-corrected chi connectivity index (χ3v) is 2.92. The van der Waals surface area contributed by atoms with Crippen LogP contribution in [-0.2, 0) is 16.0 Å². The Morgan fingerprint density at radius 3 is 3.13 bits per heavy atom. The fourth-order valence-corrected chi connectivity index (χ4v) is 1.89. The molecule has 1 aromatic rings. The lowest BCUT2D eigenvalue weighted by Crippen LogP contribution is -2.04. The van der Waals surface area contributed by atoms with Gasteiger partial charge in [-0.15, -0.1) is 0 Å². The minimum absolute atomic E-state index is 0.0546. The third-order valence-electron chi connectivity index (χ3n) is 2.92. The standard InChI is InChI=1S/C12H15NO2/c1-15-12(14)11-8-9(11)5-6-10-4-2-3-7-13-10/h2-4,7,9,11H,5-6,8H2,1H3. The fourth-order valence-electron chi connectivity index (χ4n) is 1.89. The van der Waals surface area contributed by atoms with Crippen molar-refractivity contribution in [2.45, 2.75) is 19.3 Å². The van der Waals surface area contributed by atoms with Gasteiger partial charge in [0.1, 0.15) is 0 Å².